The second-order valence-electron chi connectivity index (χ2n) is 3.91. The molecule has 1 unspecified atom stereocenters. The molecular weight excluding hydrogens is 338 g/mol. The fourth-order valence-electron chi connectivity index (χ4n) is 1.22. The number of sulfonamides is 1. The summed E-state index contributed by atoms with van der Waals surface area (Å²) in [6.07, 6.45) is 0. The zero-order chi connectivity index (χ0) is 14.6. The lowest BCUT2D eigenvalue weighted by Gasteiger charge is -2.12. The van der Waals surface area contributed by atoms with Gasteiger partial charge in [-0.15, -0.1) is 0 Å². The van der Waals surface area contributed by atoms with Crippen molar-refractivity contribution in [1.82, 2.24) is 10.0 Å². The molecule has 19 heavy (non-hydrogen) atoms. The topological polar surface area (TPSA) is 101 Å². The summed E-state index contributed by atoms with van der Waals surface area (Å²) in [7, 11) is -1.95. The second kappa shape index (κ2) is 6.42. The quantitative estimate of drug-likeness (QED) is 0.593. The largest absolute Gasteiger partial charge is 0.316 e. The normalized spacial score (nSPS) is 13.2. The highest BCUT2D eigenvalue weighted by Crippen LogP contribution is 2.27. The third kappa shape index (κ3) is 4.23. The lowest BCUT2D eigenvalue weighted by Crippen LogP contribution is -2.37. The third-order valence-electron chi connectivity index (χ3n) is 2.50. The molecule has 106 valence electrons. The number of nitro groups is 1. The Labute approximate surface area is 119 Å². The van der Waals surface area contributed by atoms with Crippen molar-refractivity contribution in [3.63, 3.8) is 0 Å². The molecule has 1 aromatic rings. The molecule has 0 saturated heterocycles. The van der Waals surface area contributed by atoms with Crippen LogP contribution in [0.25, 0.3) is 0 Å². The fourth-order valence-corrected chi connectivity index (χ4v) is 3.05. The SMILES string of the molecule is CNC(C)CNS(=O)(=O)c1ccc([N+](=O)[O-])c(Br)c1. The van der Waals surface area contributed by atoms with E-state index >= 15 is 0 Å². The Morgan fingerprint density at radius 1 is 1.47 bits per heavy atom. The maximum absolute atomic E-state index is 12.0. The molecule has 0 amide bonds. The number of nitro benzene ring substituents is 1. The molecule has 0 fully saturated rings. The monoisotopic (exact) mass is 351 g/mol. The van der Waals surface area contributed by atoms with Gasteiger partial charge in [-0.05, 0) is 42.0 Å². The van der Waals surface area contributed by atoms with Gasteiger partial charge < -0.3 is 5.32 Å². The smallest absolute Gasteiger partial charge is 0.283 e. The van der Waals surface area contributed by atoms with Crippen LogP contribution in [-0.2, 0) is 10.0 Å². The van der Waals surface area contributed by atoms with Gasteiger partial charge in [-0.2, -0.15) is 0 Å². The Bertz CT molecular complexity index is 576. The van der Waals surface area contributed by atoms with Crippen LogP contribution in [0.5, 0.6) is 0 Å². The first-order valence-corrected chi connectivity index (χ1v) is 7.66. The Balaban J connectivity index is 2.96. The van der Waals surface area contributed by atoms with Crippen molar-refractivity contribution >= 4 is 31.6 Å². The van der Waals surface area contributed by atoms with Crippen molar-refractivity contribution in [1.29, 1.82) is 0 Å². The molecule has 2 N–H and O–H groups in total. The van der Waals surface area contributed by atoms with E-state index < -0.39 is 14.9 Å². The Hall–Kier alpha value is -1.03. The molecule has 0 aliphatic rings. The van der Waals surface area contributed by atoms with E-state index in [0.717, 1.165) is 6.07 Å². The highest BCUT2D eigenvalue weighted by molar-refractivity contribution is 9.10. The Morgan fingerprint density at radius 2 is 2.11 bits per heavy atom. The number of nitrogens with zero attached hydrogens (tertiary/aromatic N) is 1. The summed E-state index contributed by atoms with van der Waals surface area (Å²) in [5.74, 6) is 0. The van der Waals surface area contributed by atoms with Crippen molar-refractivity contribution in [2.45, 2.75) is 17.9 Å². The van der Waals surface area contributed by atoms with Gasteiger partial charge in [0, 0.05) is 18.7 Å². The van der Waals surface area contributed by atoms with Crippen molar-refractivity contribution in [3.05, 3.63) is 32.8 Å². The van der Waals surface area contributed by atoms with Crippen molar-refractivity contribution in [2.75, 3.05) is 13.6 Å². The maximum atomic E-state index is 12.0. The van der Waals surface area contributed by atoms with E-state index in [1.54, 1.807) is 7.05 Å². The highest BCUT2D eigenvalue weighted by atomic mass is 79.9. The second-order valence-corrected chi connectivity index (χ2v) is 6.53. The summed E-state index contributed by atoms with van der Waals surface area (Å²) < 4.78 is 26.5. The predicted molar refractivity (Wildman–Crippen MR) is 74.5 cm³/mol. The first-order chi connectivity index (χ1) is 8.77. The van der Waals surface area contributed by atoms with Crippen LogP contribution in [0.4, 0.5) is 5.69 Å². The molecule has 0 spiro atoms. The molecule has 0 aliphatic heterocycles. The fraction of sp³-hybridized carbons (Fsp3) is 0.400. The number of benzene rings is 1. The Kier molecular flexibility index (Phi) is 5.41. The van der Waals surface area contributed by atoms with E-state index in [2.05, 4.69) is 26.0 Å². The van der Waals surface area contributed by atoms with Gasteiger partial charge in [-0.25, -0.2) is 13.1 Å². The molecular formula is C10H14BrN3O4S. The van der Waals surface area contributed by atoms with Crippen LogP contribution in [0, 0.1) is 10.1 Å². The molecule has 1 aromatic carbocycles. The van der Waals surface area contributed by atoms with E-state index in [-0.39, 0.29) is 27.6 Å². The number of halogens is 1. The van der Waals surface area contributed by atoms with E-state index in [4.69, 9.17) is 0 Å². The number of rotatable bonds is 6. The predicted octanol–water partition coefficient (Wildman–Crippen LogP) is 1.24. The van der Waals surface area contributed by atoms with Crippen LogP contribution < -0.4 is 10.0 Å². The molecule has 7 nitrogen and oxygen atoms in total. The Morgan fingerprint density at radius 3 is 2.58 bits per heavy atom. The lowest BCUT2D eigenvalue weighted by atomic mass is 10.3. The molecule has 0 radical (unpaired) electrons. The summed E-state index contributed by atoms with van der Waals surface area (Å²) >= 11 is 2.99. The summed E-state index contributed by atoms with van der Waals surface area (Å²) in [5.41, 5.74) is -0.178. The average Bonchev–Trinajstić information content (AvgIpc) is 2.35. The van der Waals surface area contributed by atoms with Crippen molar-refractivity contribution in [3.8, 4) is 0 Å². The van der Waals surface area contributed by atoms with Crippen LogP contribution in [0.2, 0.25) is 0 Å². The number of hydrogen-bond donors (Lipinski definition) is 2. The van der Waals surface area contributed by atoms with Gasteiger partial charge in [-0.3, -0.25) is 10.1 Å². The lowest BCUT2D eigenvalue weighted by molar-refractivity contribution is -0.385. The minimum Gasteiger partial charge on any atom is -0.316 e. The van der Waals surface area contributed by atoms with E-state index in [1.165, 1.54) is 12.1 Å². The highest BCUT2D eigenvalue weighted by Gasteiger charge is 2.19. The zero-order valence-corrected chi connectivity index (χ0v) is 12.8. The average molecular weight is 352 g/mol. The summed E-state index contributed by atoms with van der Waals surface area (Å²) in [6.45, 7) is 2.06. The van der Waals surface area contributed by atoms with Crippen LogP contribution in [0.3, 0.4) is 0 Å². The minimum atomic E-state index is -3.67. The van der Waals surface area contributed by atoms with Gasteiger partial charge >= 0.3 is 0 Å². The molecule has 0 bridgehead atoms. The number of hydrogen-bond acceptors (Lipinski definition) is 5. The molecule has 0 aromatic heterocycles. The van der Waals surface area contributed by atoms with Gasteiger partial charge in [0.2, 0.25) is 10.0 Å². The van der Waals surface area contributed by atoms with Gasteiger partial charge in [0.1, 0.15) is 0 Å². The summed E-state index contributed by atoms with van der Waals surface area (Å²) in [6, 6.07) is 3.55. The van der Waals surface area contributed by atoms with Gasteiger partial charge in [0.05, 0.1) is 14.3 Å². The molecule has 9 heteroatoms. The molecule has 1 rings (SSSR count). The maximum Gasteiger partial charge on any atom is 0.283 e. The zero-order valence-electron chi connectivity index (χ0n) is 10.4. The van der Waals surface area contributed by atoms with Crippen LogP contribution in [0.15, 0.2) is 27.6 Å². The number of likely N-dealkylation sites (N-methyl/N-ethyl adjacent to an activating group) is 1. The minimum absolute atomic E-state index is 0.0173. The molecule has 0 saturated carbocycles. The van der Waals surface area contributed by atoms with Gasteiger partial charge in [-0.1, -0.05) is 0 Å². The van der Waals surface area contributed by atoms with E-state index in [9.17, 15) is 18.5 Å². The third-order valence-corrected chi connectivity index (χ3v) is 4.55. The van der Waals surface area contributed by atoms with Crippen molar-refractivity contribution in [2.24, 2.45) is 0 Å². The van der Waals surface area contributed by atoms with Crippen LogP contribution in [-0.4, -0.2) is 33.0 Å². The standard InChI is InChI=1S/C10H14BrN3O4S/c1-7(12-2)6-13-19(17,18)8-3-4-10(14(15)16)9(11)5-8/h3-5,7,12-13H,6H2,1-2H3. The van der Waals surface area contributed by atoms with Crippen LogP contribution >= 0.6 is 15.9 Å². The van der Waals surface area contributed by atoms with Crippen molar-refractivity contribution < 1.29 is 13.3 Å². The summed E-state index contributed by atoms with van der Waals surface area (Å²) in [4.78, 5) is 10.0. The van der Waals surface area contributed by atoms with Gasteiger partial charge in [0.25, 0.3) is 5.69 Å². The molecule has 0 heterocycles. The first-order valence-electron chi connectivity index (χ1n) is 5.39. The summed E-state index contributed by atoms with van der Waals surface area (Å²) in [5, 5.41) is 13.5. The van der Waals surface area contributed by atoms with Crippen LogP contribution in [0.1, 0.15) is 6.92 Å². The van der Waals surface area contributed by atoms with E-state index in [0.29, 0.717) is 0 Å². The first kappa shape index (κ1) is 16.0. The van der Waals surface area contributed by atoms with Gasteiger partial charge in [0.15, 0.2) is 0 Å². The van der Waals surface area contributed by atoms with E-state index in [1.807, 2.05) is 6.92 Å². The number of nitrogens with one attached hydrogen (secondary N) is 2. The molecule has 0 aliphatic carbocycles. The molecule has 1 atom stereocenters.